The maximum atomic E-state index is 11.0. The molecule has 1 aromatic heterocycles. The fourth-order valence-electron chi connectivity index (χ4n) is 0.950. The average molecular weight is 177 g/mol. The number of amides is 1. The van der Waals surface area contributed by atoms with Crippen LogP contribution >= 0.6 is 0 Å². The molecule has 0 aliphatic rings. The Morgan fingerprint density at radius 3 is 2.77 bits per heavy atom. The van der Waals surface area contributed by atoms with Crippen molar-refractivity contribution in [1.82, 2.24) is 10.3 Å². The number of carbonyl (C=O) groups excluding carboxylic acids is 1. The number of aromatic nitrogens is 1. The maximum Gasteiger partial charge on any atom is 0.220 e. The van der Waals surface area contributed by atoms with Crippen LogP contribution in [0.25, 0.3) is 0 Å². The first-order valence-electron chi connectivity index (χ1n) is 4.28. The summed E-state index contributed by atoms with van der Waals surface area (Å²) in [5.74, 6) is 0.0480. The second kappa shape index (κ2) is 5.30. The van der Waals surface area contributed by atoms with E-state index in [-0.39, 0.29) is 5.91 Å². The van der Waals surface area contributed by atoms with Crippen LogP contribution in [0.15, 0.2) is 24.5 Å². The molecule has 0 bridgehead atoms. The van der Waals surface area contributed by atoms with E-state index in [4.69, 9.17) is 0 Å². The molecule has 0 saturated carbocycles. The quantitative estimate of drug-likeness (QED) is 0.753. The van der Waals surface area contributed by atoms with Crippen LogP contribution in [0.1, 0.15) is 18.4 Å². The zero-order chi connectivity index (χ0) is 9.52. The molecule has 13 heavy (non-hydrogen) atoms. The third kappa shape index (κ3) is 3.69. The smallest absolute Gasteiger partial charge is 0.220 e. The third-order valence-electron chi connectivity index (χ3n) is 1.64. The van der Waals surface area contributed by atoms with Crippen LogP contribution in [0.5, 0.6) is 0 Å². The average Bonchev–Trinajstić information content (AvgIpc) is 2.17. The predicted molar refractivity (Wildman–Crippen MR) is 50.7 cm³/mol. The first kappa shape index (κ1) is 9.71. The Labute approximate surface area is 78.2 Å². The molecule has 0 saturated heterocycles. The van der Waals surface area contributed by atoms with Gasteiger partial charge in [0, 0.05) is 25.4 Å². The molecule has 0 fully saturated rings. The molecule has 0 spiro atoms. The zero-order valence-electron chi connectivity index (χ0n) is 7.49. The first-order chi connectivity index (χ1) is 6.33. The summed E-state index contributed by atoms with van der Waals surface area (Å²) in [5, 5.41) is 2.79. The van der Waals surface area contributed by atoms with Crippen LogP contribution < -0.4 is 5.32 Å². The summed E-state index contributed by atoms with van der Waals surface area (Å²) in [6, 6.07) is 3.76. The van der Waals surface area contributed by atoms with Gasteiger partial charge in [-0.15, -0.1) is 0 Å². The lowest BCUT2D eigenvalue weighted by Crippen LogP contribution is -2.21. The van der Waals surface area contributed by atoms with Crippen molar-refractivity contribution in [2.45, 2.75) is 19.4 Å². The standard InChI is InChI=1S/C10H13N2O/c1-2-3-10(13)12-8-9-4-6-11-7-5-9/h4-7H,1-3,8H2,(H,12,13). The van der Waals surface area contributed by atoms with Crippen molar-refractivity contribution in [2.24, 2.45) is 0 Å². The van der Waals surface area contributed by atoms with E-state index >= 15 is 0 Å². The van der Waals surface area contributed by atoms with Crippen LogP contribution in [0.2, 0.25) is 0 Å². The molecule has 1 aromatic rings. The van der Waals surface area contributed by atoms with Gasteiger partial charge in [-0.2, -0.15) is 0 Å². The molecule has 0 aromatic carbocycles. The molecule has 1 heterocycles. The van der Waals surface area contributed by atoms with Gasteiger partial charge in [0.1, 0.15) is 0 Å². The first-order valence-corrected chi connectivity index (χ1v) is 4.28. The van der Waals surface area contributed by atoms with E-state index in [2.05, 4.69) is 17.2 Å². The second-order valence-corrected chi connectivity index (χ2v) is 2.74. The zero-order valence-corrected chi connectivity index (χ0v) is 7.49. The van der Waals surface area contributed by atoms with Crippen molar-refractivity contribution in [1.29, 1.82) is 0 Å². The minimum Gasteiger partial charge on any atom is -0.352 e. The molecule has 0 aliphatic heterocycles. The molecule has 1 rings (SSSR count). The number of rotatable bonds is 4. The van der Waals surface area contributed by atoms with E-state index in [1.165, 1.54) is 0 Å². The van der Waals surface area contributed by atoms with Crippen molar-refractivity contribution in [3.05, 3.63) is 37.0 Å². The second-order valence-electron chi connectivity index (χ2n) is 2.74. The van der Waals surface area contributed by atoms with Gasteiger partial charge in [-0.3, -0.25) is 9.78 Å². The van der Waals surface area contributed by atoms with E-state index in [1.807, 2.05) is 12.1 Å². The van der Waals surface area contributed by atoms with Crippen molar-refractivity contribution >= 4 is 5.91 Å². The number of carbonyl (C=O) groups is 1. The van der Waals surface area contributed by atoms with Crippen LogP contribution in [0.4, 0.5) is 0 Å². The highest BCUT2D eigenvalue weighted by Crippen LogP contribution is 1.95. The van der Waals surface area contributed by atoms with Gasteiger partial charge >= 0.3 is 0 Å². The predicted octanol–water partition coefficient (Wildman–Crippen LogP) is 1.31. The van der Waals surface area contributed by atoms with Gasteiger partial charge in [0.25, 0.3) is 0 Å². The van der Waals surface area contributed by atoms with Gasteiger partial charge in [-0.05, 0) is 24.1 Å². The van der Waals surface area contributed by atoms with Crippen molar-refractivity contribution in [3.8, 4) is 0 Å². The molecule has 1 N–H and O–H groups in total. The molecule has 0 atom stereocenters. The molecule has 69 valence electrons. The Hall–Kier alpha value is -1.38. The van der Waals surface area contributed by atoms with E-state index in [0.29, 0.717) is 19.4 Å². The number of pyridine rings is 1. The molecule has 0 aliphatic carbocycles. The van der Waals surface area contributed by atoms with E-state index in [1.54, 1.807) is 12.4 Å². The Balaban J connectivity index is 2.31. The number of hydrogen-bond donors (Lipinski definition) is 1. The summed E-state index contributed by atoms with van der Waals surface area (Å²) in [5.41, 5.74) is 1.06. The molecular formula is C10H13N2O. The summed E-state index contributed by atoms with van der Waals surface area (Å²) in [6.07, 6.45) is 4.55. The van der Waals surface area contributed by atoms with E-state index in [9.17, 15) is 4.79 Å². The fraction of sp³-hybridized carbons (Fsp3) is 0.300. The Kier molecular flexibility index (Phi) is 3.96. The number of hydrogen-bond acceptors (Lipinski definition) is 2. The summed E-state index contributed by atoms with van der Waals surface area (Å²) in [4.78, 5) is 14.9. The van der Waals surface area contributed by atoms with Crippen LogP contribution in [0, 0.1) is 6.92 Å². The van der Waals surface area contributed by atoms with Crippen LogP contribution in [-0.4, -0.2) is 10.9 Å². The Morgan fingerprint density at radius 2 is 2.15 bits per heavy atom. The third-order valence-corrected chi connectivity index (χ3v) is 1.64. The molecular weight excluding hydrogens is 164 g/mol. The van der Waals surface area contributed by atoms with Gasteiger partial charge in [-0.1, -0.05) is 6.92 Å². The fourth-order valence-corrected chi connectivity index (χ4v) is 0.950. The highest BCUT2D eigenvalue weighted by molar-refractivity contribution is 5.75. The topological polar surface area (TPSA) is 42.0 Å². The van der Waals surface area contributed by atoms with Gasteiger partial charge in [0.2, 0.25) is 5.91 Å². The minimum atomic E-state index is 0.0480. The summed E-state index contributed by atoms with van der Waals surface area (Å²) >= 11 is 0. The van der Waals surface area contributed by atoms with Gasteiger partial charge < -0.3 is 5.32 Å². The minimum absolute atomic E-state index is 0.0480. The lowest BCUT2D eigenvalue weighted by Gasteiger charge is -2.03. The normalized spacial score (nSPS) is 9.62. The summed E-state index contributed by atoms with van der Waals surface area (Å²) in [7, 11) is 0. The molecule has 3 heteroatoms. The lowest BCUT2D eigenvalue weighted by molar-refractivity contribution is -0.121. The highest BCUT2D eigenvalue weighted by Gasteiger charge is 1.97. The van der Waals surface area contributed by atoms with Crippen LogP contribution in [-0.2, 0) is 11.3 Å². The van der Waals surface area contributed by atoms with Crippen molar-refractivity contribution in [3.63, 3.8) is 0 Å². The van der Waals surface area contributed by atoms with E-state index in [0.717, 1.165) is 5.56 Å². The van der Waals surface area contributed by atoms with Gasteiger partial charge in [-0.25, -0.2) is 0 Å². The molecule has 3 nitrogen and oxygen atoms in total. The monoisotopic (exact) mass is 177 g/mol. The van der Waals surface area contributed by atoms with Crippen LogP contribution in [0.3, 0.4) is 0 Å². The molecule has 0 unspecified atom stereocenters. The summed E-state index contributed by atoms with van der Waals surface area (Å²) < 4.78 is 0. The molecule has 1 amide bonds. The van der Waals surface area contributed by atoms with Gasteiger partial charge in [0.05, 0.1) is 0 Å². The SMILES string of the molecule is [CH2]CCC(=O)NCc1ccncc1. The maximum absolute atomic E-state index is 11.0. The van der Waals surface area contributed by atoms with Gasteiger partial charge in [0.15, 0.2) is 0 Å². The van der Waals surface area contributed by atoms with E-state index < -0.39 is 0 Å². The Morgan fingerprint density at radius 1 is 1.46 bits per heavy atom. The number of nitrogens with zero attached hydrogens (tertiary/aromatic N) is 1. The highest BCUT2D eigenvalue weighted by atomic mass is 16.1. The van der Waals surface area contributed by atoms with Crippen molar-refractivity contribution < 1.29 is 4.79 Å². The Bertz CT molecular complexity index is 259. The summed E-state index contributed by atoms with van der Waals surface area (Å²) in [6.45, 7) is 4.18. The largest absolute Gasteiger partial charge is 0.352 e. The lowest BCUT2D eigenvalue weighted by atomic mass is 10.2. The molecule has 1 radical (unpaired) electrons. The van der Waals surface area contributed by atoms with Crippen molar-refractivity contribution in [2.75, 3.05) is 0 Å². The number of nitrogens with one attached hydrogen (secondary N) is 1.